The number of ether oxygens (including phenoxy) is 1. The zero-order valence-corrected chi connectivity index (χ0v) is 13.4. The highest BCUT2D eigenvalue weighted by molar-refractivity contribution is 5.96. The maximum absolute atomic E-state index is 12.4. The summed E-state index contributed by atoms with van der Waals surface area (Å²) >= 11 is 0. The molecule has 21 heavy (non-hydrogen) atoms. The Morgan fingerprint density at radius 1 is 1.33 bits per heavy atom. The van der Waals surface area contributed by atoms with E-state index in [9.17, 15) is 4.79 Å². The van der Waals surface area contributed by atoms with Crippen molar-refractivity contribution in [1.29, 1.82) is 0 Å². The minimum absolute atomic E-state index is 0.156. The summed E-state index contributed by atoms with van der Waals surface area (Å²) in [5.41, 5.74) is 0.784. The number of rotatable bonds is 6. The molecule has 2 unspecified atom stereocenters. The number of hydrogen-bond acceptors (Lipinski definition) is 3. The van der Waals surface area contributed by atoms with Crippen LogP contribution in [0.25, 0.3) is 0 Å². The van der Waals surface area contributed by atoms with Crippen LogP contribution in [-0.2, 0) is 0 Å². The minimum Gasteiger partial charge on any atom is -0.491 e. The van der Waals surface area contributed by atoms with E-state index < -0.39 is 0 Å². The van der Waals surface area contributed by atoms with Crippen LogP contribution in [0.3, 0.4) is 0 Å². The molecule has 1 aromatic carbocycles. The third-order valence-electron chi connectivity index (χ3n) is 4.16. The zero-order chi connectivity index (χ0) is 15.2. The third-order valence-corrected chi connectivity index (χ3v) is 4.16. The number of benzene rings is 1. The van der Waals surface area contributed by atoms with Crippen molar-refractivity contribution in [2.24, 2.45) is 5.92 Å². The molecule has 0 amide bonds. The topological polar surface area (TPSA) is 38.3 Å². The van der Waals surface area contributed by atoms with Gasteiger partial charge in [-0.2, -0.15) is 0 Å². The van der Waals surface area contributed by atoms with E-state index in [4.69, 9.17) is 4.74 Å². The Morgan fingerprint density at radius 3 is 2.67 bits per heavy atom. The van der Waals surface area contributed by atoms with E-state index in [1.807, 2.05) is 38.1 Å². The van der Waals surface area contributed by atoms with Crippen molar-refractivity contribution in [1.82, 2.24) is 5.32 Å². The molecule has 1 aromatic rings. The van der Waals surface area contributed by atoms with Crippen LogP contribution in [0.5, 0.6) is 5.75 Å². The van der Waals surface area contributed by atoms with E-state index in [2.05, 4.69) is 12.2 Å². The van der Waals surface area contributed by atoms with Gasteiger partial charge in [0.15, 0.2) is 5.78 Å². The molecular formula is C18H27NO2. The van der Waals surface area contributed by atoms with Gasteiger partial charge in [0, 0.05) is 18.0 Å². The van der Waals surface area contributed by atoms with Gasteiger partial charge in [-0.05, 0) is 63.4 Å². The van der Waals surface area contributed by atoms with Crippen LogP contribution in [0.2, 0.25) is 0 Å². The standard InChI is InChI=1S/C18H27NO2/c1-4-14-9-10-19-16(11-14)12-18(20)15-5-7-17(8-6-15)21-13(2)3/h5-8,13-14,16,19H,4,9-12H2,1-3H3. The van der Waals surface area contributed by atoms with Crippen molar-refractivity contribution in [2.75, 3.05) is 6.54 Å². The van der Waals surface area contributed by atoms with Crippen LogP contribution in [0.1, 0.15) is 56.8 Å². The van der Waals surface area contributed by atoms with Crippen LogP contribution < -0.4 is 10.1 Å². The maximum Gasteiger partial charge on any atom is 0.164 e. The van der Waals surface area contributed by atoms with Crippen molar-refractivity contribution in [3.63, 3.8) is 0 Å². The van der Waals surface area contributed by atoms with Crippen LogP contribution in [-0.4, -0.2) is 24.5 Å². The fourth-order valence-electron chi connectivity index (χ4n) is 2.95. The lowest BCUT2D eigenvalue weighted by Crippen LogP contribution is -2.39. The molecule has 0 radical (unpaired) electrons. The van der Waals surface area contributed by atoms with Crippen molar-refractivity contribution in [2.45, 2.75) is 58.6 Å². The number of Topliss-reactive ketones (excluding diaryl/α,β-unsaturated/α-hetero) is 1. The first-order chi connectivity index (χ1) is 10.1. The van der Waals surface area contributed by atoms with Crippen LogP contribution in [0.15, 0.2) is 24.3 Å². The molecule has 2 atom stereocenters. The molecule has 3 nitrogen and oxygen atoms in total. The molecule has 1 N–H and O–H groups in total. The number of carbonyl (C=O) groups excluding carboxylic acids is 1. The van der Waals surface area contributed by atoms with Gasteiger partial charge in [-0.25, -0.2) is 0 Å². The molecule has 116 valence electrons. The Kier molecular flexibility index (Phi) is 5.80. The van der Waals surface area contributed by atoms with Crippen molar-refractivity contribution in [3.8, 4) is 5.75 Å². The summed E-state index contributed by atoms with van der Waals surface area (Å²) in [4.78, 5) is 12.4. The third kappa shape index (κ3) is 4.85. The average Bonchev–Trinajstić information content (AvgIpc) is 2.47. The molecule has 0 saturated carbocycles. The molecule has 3 heteroatoms. The number of piperidine rings is 1. The Hall–Kier alpha value is -1.35. The van der Waals surface area contributed by atoms with Crippen LogP contribution >= 0.6 is 0 Å². The van der Waals surface area contributed by atoms with Gasteiger partial charge in [0.05, 0.1) is 6.10 Å². The average molecular weight is 289 g/mol. The summed E-state index contributed by atoms with van der Waals surface area (Å²) < 4.78 is 5.60. The van der Waals surface area contributed by atoms with Crippen LogP contribution in [0.4, 0.5) is 0 Å². The second kappa shape index (κ2) is 7.60. The monoisotopic (exact) mass is 289 g/mol. The number of hydrogen-bond donors (Lipinski definition) is 1. The second-order valence-corrected chi connectivity index (χ2v) is 6.27. The van der Waals surface area contributed by atoms with Gasteiger partial charge in [0.1, 0.15) is 5.75 Å². The molecule has 1 heterocycles. The van der Waals surface area contributed by atoms with Crippen molar-refractivity contribution >= 4 is 5.78 Å². The normalized spacial score (nSPS) is 22.3. The maximum atomic E-state index is 12.4. The Morgan fingerprint density at radius 2 is 2.05 bits per heavy atom. The van der Waals surface area contributed by atoms with Gasteiger partial charge < -0.3 is 10.1 Å². The lowest BCUT2D eigenvalue weighted by molar-refractivity contribution is 0.0957. The summed E-state index contributed by atoms with van der Waals surface area (Å²) in [5.74, 6) is 1.81. The lowest BCUT2D eigenvalue weighted by Gasteiger charge is -2.29. The first-order valence-electron chi connectivity index (χ1n) is 8.11. The summed E-state index contributed by atoms with van der Waals surface area (Å²) in [6, 6.07) is 7.86. The van der Waals surface area contributed by atoms with E-state index in [0.29, 0.717) is 12.5 Å². The first kappa shape index (κ1) is 16.0. The van der Waals surface area contributed by atoms with E-state index >= 15 is 0 Å². The van der Waals surface area contributed by atoms with E-state index in [1.54, 1.807) is 0 Å². The number of carbonyl (C=O) groups is 1. The van der Waals surface area contributed by atoms with Crippen molar-refractivity contribution < 1.29 is 9.53 Å². The van der Waals surface area contributed by atoms with Crippen molar-refractivity contribution in [3.05, 3.63) is 29.8 Å². The SMILES string of the molecule is CCC1CCNC(CC(=O)c2ccc(OC(C)C)cc2)C1. The van der Waals surface area contributed by atoms with Gasteiger partial charge in [0.25, 0.3) is 0 Å². The molecule has 0 aromatic heterocycles. The first-order valence-corrected chi connectivity index (χ1v) is 8.11. The summed E-state index contributed by atoms with van der Waals surface area (Å²) in [6.45, 7) is 7.27. The quantitative estimate of drug-likeness (QED) is 0.809. The molecule has 2 rings (SSSR count). The van der Waals surface area contributed by atoms with Crippen LogP contribution in [0, 0.1) is 5.92 Å². The fourth-order valence-corrected chi connectivity index (χ4v) is 2.95. The largest absolute Gasteiger partial charge is 0.491 e. The van der Waals surface area contributed by atoms with Gasteiger partial charge in [0.2, 0.25) is 0 Å². The molecule has 0 bridgehead atoms. The fraction of sp³-hybridized carbons (Fsp3) is 0.611. The van der Waals surface area contributed by atoms with E-state index in [-0.39, 0.29) is 11.9 Å². The van der Waals surface area contributed by atoms with Gasteiger partial charge in [-0.1, -0.05) is 13.3 Å². The number of ketones is 1. The zero-order valence-electron chi connectivity index (χ0n) is 13.4. The summed E-state index contributed by atoms with van der Waals surface area (Å²) in [7, 11) is 0. The predicted molar refractivity (Wildman–Crippen MR) is 86.0 cm³/mol. The van der Waals surface area contributed by atoms with E-state index in [1.165, 1.54) is 12.8 Å². The lowest BCUT2D eigenvalue weighted by atomic mass is 9.87. The van der Waals surface area contributed by atoms with Gasteiger partial charge in [-0.3, -0.25) is 4.79 Å². The highest BCUT2D eigenvalue weighted by Gasteiger charge is 2.22. The second-order valence-electron chi connectivity index (χ2n) is 6.27. The predicted octanol–water partition coefficient (Wildman–Crippen LogP) is 3.82. The Labute approximate surface area is 128 Å². The Balaban J connectivity index is 1.90. The highest BCUT2D eigenvalue weighted by Crippen LogP contribution is 2.22. The number of nitrogens with one attached hydrogen (secondary N) is 1. The van der Waals surface area contributed by atoms with E-state index in [0.717, 1.165) is 30.2 Å². The smallest absolute Gasteiger partial charge is 0.164 e. The molecule has 0 aliphatic carbocycles. The van der Waals surface area contributed by atoms with Gasteiger partial charge in [-0.15, -0.1) is 0 Å². The molecule has 1 aliphatic heterocycles. The molecule has 1 fully saturated rings. The molecule has 0 spiro atoms. The molecular weight excluding hydrogens is 262 g/mol. The molecule has 1 aliphatic rings. The molecule has 1 saturated heterocycles. The highest BCUT2D eigenvalue weighted by atomic mass is 16.5. The van der Waals surface area contributed by atoms with Gasteiger partial charge >= 0.3 is 0 Å². The summed E-state index contributed by atoms with van der Waals surface area (Å²) in [5, 5.41) is 3.48. The summed E-state index contributed by atoms with van der Waals surface area (Å²) in [6.07, 6.45) is 4.33. The Bertz CT molecular complexity index is 453. The minimum atomic E-state index is 0.156.